The summed E-state index contributed by atoms with van der Waals surface area (Å²) in [4.78, 5) is 35.5. The summed E-state index contributed by atoms with van der Waals surface area (Å²) < 4.78 is 34.5. The molecule has 0 aliphatic rings. The number of phosphoric ester groups is 1. The molecule has 9 nitrogen and oxygen atoms in total. The van der Waals surface area contributed by atoms with Crippen molar-refractivity contribution in [3.05, 3.63) is 24.3 Å². The maximum Gasteiger partial charge on any atom is 0.472 e. The van der Waals surface area contributed by atoms with E-state index in [0.29, 0.717) is 23.9 Å². The molecule has 0 rings (SSSR count). The topological polar surface area (TPSA) is 108 Å². The minimum absolute atomic E-state index is 0.0337. The Hall–Kier alpha value is -1.51. The van der Waals surface area contributed by atoms with Gasteiger partial charge in [-0.05, 0) is 44.9 Å². The first kappa shape index (κ1) is 60.5. The molecule has 0 fully saturated rings. The molecule has 0 saturated heterocycles. The van der Waals surface area contributed by atoms with Gasteiger partial charge < -0.3 is 18.9 Å². The van der Waals surface area contributed by atoms with Crippen LogP contribution in [0.3, 0.4) is 0 Å². The van der Waals surface area contributed by atoms with Crippen LogP contribution in [0.15, 0.2) is 24.3 Å². The van der Waals surface area contributed by atoms with Crippen molar-refractivity contribution in [3.63, 3.8) is 0 Å². The van der Waals surface area contributed by atoms with E-state index in [1.807, 2.05) is 21.1 Å². The number of allylic oxidation sites excluding steroid dienone is 4. The van der Waals surface area contributed by atoms with Crippen LogP contribution in [-0.2, 0) is 32.7 Å². The van der Waals surface area contributed by atoms with E-state index in [0.717, 1.165) is 38.5 Å². The Balaban J connectivity index is 4.20. The van der Waals surface area contributed by atoms with Gasteiger partial charge in [-0.1, -0.05) is 212 Å². The molecule has 0 amide bonds. The highest BCUT2D eigenvalue weighted by atomic mass is 31.2. The molecule has 0 radical (unpaired) electrons. The van der Waals surface area contributed by atoms with E-state index in [9.17, 15) is 19.0 Å². The van der Waals surface area contributed by atoms with Gasteiger partial charge >= 0.3 is 19.8 Å². The third-order valence-corrected chi connectivity index (χ3v) is 12.5. The summed E-state index contributed by atoms with van der Waals surface area (Å²) >= 11 is 0. The first-order chi connectivity index (χ1) is 30.0. The molecule has 0 aromatic heterocycles. The lowest BCUT2D eigenvalue weighted by atomic mass is 10.0. The number of unbranched alkanes of at least 4 members (excludes halogenated alkanes) is 30. The number of carbonyl (C=O) groups excluding carboxylic acids is 2. The third kappa shape index (κ3) is 48.0. The summed E-state index contributed by atoms with van der Waals surface area (Å²) in [5, 5.41) is 0. The summed E-state index contributed by atoms with van der Waals surface area (Å²) in [6.07, 6.45) is 50.8. The molecular formula is C52H101NO8P+. The van der Waals surface area contributed by atoms with Gasteiger partial charge in [0.15, 0.2) is 6.10 Å². The molecule has 366 valence electrons. The molecule has 2 unspecified atom stereocenters. The van der Waals surface area contributed by atoms with Crippen LogP contribution in [0.4, 0.5) is 0 Å². The summed E-state index contributed by atoms with van der Waals surface area (Å²) in [5.74, 6) is -0.788. The molecule has 62 heavy (non-hydrogen) atoms. The van der Waals surface area contributed by atoms with Gasteiger partial charge in [0.05, 0.1) is 27.7 Å². The minimum Gasteiger partial charge on any atom is -0.462 e. The molecule has 0 heterocycles. The van der Waals surface area contributed by atoms with Crippen molar-refractivity contribution in [1.82, 2.24) is 0 Å². The van der Waals surface area contributed by atoms with Crippen molar-refractivity contribution in [2.45, 2.75) is 251 Å². The van der Waals surface area contributed by atoms with Gasteiger partial charge in [0.1, 0.15) is 19.8 Å². The first-order valence-electron chi connectivity index (χ1n) is 26.1. The number of hydrogen-bond donors (Lipinski definition) is 1. The Morgan fingerprint density at radius 1 is 0.500 bits per heavy atom. The van der Waals surface area contributed by atoms with Gasteiger partial charge in [-0.15, -0.1) is 0 Å². The highest BCUT2D eigenvalue weighted by Crippen LogP contribution is 2.43. The second-order valence-electron chi connectivity index (χ2n) is 18.9. The molecule has 0 saturated carbocycles. The lowest BCUT2D eigenvalue weighted by Gasteiger charge is -2.24. The molecule has 0 aliphatic carbocycles. The third-order valence-electron chi connectivity index (χ3n) is 11.5. The van der Waals surface area contributed by atoms with Crippen molar-refractivity contribution in [3.8, 4) is 0 Å². The minimum atomic E-state index is -4.38. The smallest absolute Gasteiger partial charge is 0.462 e. The van der Waals surface area contributed by atoms with Crippen molar-refractivity contribution in [2.75, 3.05) is 47.5 Å². The van der Waals surface area contributed by atoms with E-state index in [2.05, 4.69) is 38.2 Å². The standard InChI is InChI=1S/C52H100NO8P/c1-6-8-10-12-14-16-18-20-22-23-24-25-26-27-28-29-31-33-35-37-39-41-43-45-52(55)61-50(49-60-62(56,57)59-47-46-53(3,4)5)48-58-51(54)44-42-40-38-36-34-32-30-21-19-17-15-13-11-9-7-2/h18,20,23-24,50H,6-17,19,21-22,25-49H2,1-5H3/p+1/b20-18-,24-23-. The number of hydrogen-bond acceptors (Lipinski definition) is 7. The van der Waals surface area contributed by atoms with Gasteiger partial charge in [0, 0.05) is 12.8 Å². The fourth-order valence-corrected chi connectivity index (χ4v) is 8.14. The molecule has 0 spiro atoms. The molecular weight excluding hydrogens is 798 g/mol. The number of ether oxygens (including phenoxy) is 2. The van der Waals surface area contributed by atoms with E-state index in [-0.39, 0.29) is 25.6 Å². The number of likely N-dealkylation sites (N-methyl/N-ethyl adjacent to an activating group) is 1. The fourth-order valence-electron chi connectivity index (χ4n) is 7.40. The van der Waals surface area contributed by atoms with Crippen LogP contribution in [0, 0.1) is 0 Å². The summed E-state index contributed by atoms with van der Waals surface area (Å²) in [6.45, 7) is 4.45. The number of rotatable bonds is 48. The lowest BCUT2D eigenvalue weighted by molar-refractivity contribution is -0.870. The monoisotopic (exact) mass is 899 g/mol. The molecule has 0 bridgehead atoms. The van der Waals surface area contributed by atoms with Gasteiger partial charge in [-0.3, -0.25) is 18.6 Å². The van der Waals surface area contributed by atoms with Crippen LogP contribution in [0.2, 0.25) is 0 Å². The van der Waals surface area contributed by atoms with E-state index in [4.69, 9.17) is 18.5 Å². The largest absolute Gasteiger partial charge is 0.472 e. The number of phosphoric acid groups is 1. The lowest BCUT2D eigenvalue weighted by Crippen LogP contribution is -2.37. The zero-order valence-corrected chi connectivity index (χ0v) is 42.3. The number of carbonyl (C=O) groups is 2. The Labute approximate surface area is 383 Å². The van der Waals surface area contributed by atoms with Crippen LogP contribution in [0.25, 0.3) is 0 Å². The average molecular weight is 899 g/mol. The molecule has 0 aliphatic heterocycles. The van der Waals surface area contributed by atoms with Crippen LogP contribution in [0.5, 0.6) is 0 Å². The summed E-state index contributed by atoms with van der Waals surface area (Å²) in [7, 11) is 1.49. The number of esters is 2. The van der Waals surface area contributed by atoms with Crippen molar-refractivity contribution in [1.29, 1.82) is 0 Å². The maximum absolute atomic E-state index is 12.8. The predicted molar refractivity (Wildman–Crippen MR) is 261 cm³/mol. The van der Waals surface area contributed by atoms with Gasteiger partial charge in [-0.2, -0.15) is 0 Å². The Morgan fingerprint density at radius 2 is 0.871 bits per heavy atom. The van der Waals surface area contributed by atoms with Crippen molar-refractivity contribution in [2.24, 2.45) is 0 Å². The van der Waals surface area contributed by atoms with Crippen LogP contribution in [-0.4, -0.2) is 74.9 Å². The SMILES string of the molecule is CCCCCCC/C=C\C/C=C\CCCCCCCCCCCCCC(=O)OC(COC(=O)CCCCCCCCCCCCCCCCC)COP(=O)(O)OCC[N+](C)(C)C. The zero-order chi connectivity index (χ0) is 45.7. The maximum atomic E-state index is 12.8. The highest BCUT2D eigenvalue weighted by Gasteiger charge is 2.27. The summed E-state index contributed by atoms with van der Waals surface area (Å²) in [6, 6.07) is 0. The molecule has 0 aromatic rings. The van der Waals surface area contributed by atoms with E-state index in [1.165, 1.54) is 173 Å². The van der Waals surface area contributed by atoms with E-state index >= 15 is 0 Å². The van der Waals surface area contributed by atoms with Gasteiger partial charge in [0.25, 0.3) is 0 Å². The molecule has 1 N–H and O–H groups in total. The number of quaternary nitrogens is 1. The second-order valence-corrected chi connectivity index (χ2v) is 20.4. The van der Waals surface area contributed by atoms with Crippen LogP contribution < -0.4 is 0 Å². The van der Waals surface area contributed by atoms with Crippen molar-refractivity contribution < 1.29 is 42.1 Å². The van der Waals surface area contributed by atoms with E-state index < -0.39 is 26.5 Å². The molecule has 10 heteroatoms. The molecule has 0 aromatic carbocycles. The van der Waals surface area contributed by atoms with E-state index in [1.54, 1.807) is 0 Å². The molecule has 2 atom stereocenters. The summed E-state index contributed by atoms with van der Waals surface area (Å²) in [5.41, 5.74) is 0. The normalized spacial score (nSPS) is 13.6. The predicted octanol–water partition coefficient (Wildman–Crippen LogP) is 15.5. The quantitative estimate of drug-likeness (QED) is 0.0211. The Bertz CT molecular complexity index is 1110. The number of nitrogens with zero attached hydrogens (tertiary/aromatic N) is 1. The Morgan fingerprint density at radius 3 is 1.27 bits per heavy atom. The Kier molecular flexibility index (Phi) is 43.6. The fraction of sp³-hybridized carbons (Fsp3) is 0.885. The van der Waals surface area contributed by atoms with Gasteiger partial charge in [-0.25, -0.2) is 4.57 Å². The highest BCUT2D eigenvalue weighted by molar-refractivity contribution is 7.47. The van der Waals surface area contributed by atoms with Crippen LogP contribution in [0.1, 0.15) is 245 Å². The average Bonchev–Trinajstić information content (AvgIpc) is 3.23. The zero-order valence-electron chi connectivity index (χ0n) is 41.4. The van der Waals surface area contributed by atoms with Crippen LogP contribution >= 0.6 is 7.82 Å². The van der Waals surface area contributed by atoms with Crippen molar-refractivity contribution >= 4 is 19.8 Å². The second kappa shape index (κ2) is 44.7. The van der Waals surface area contributed by atoms with Gasteiger partial charge in [0.2, 0.25) is 0 Å². The first-order valence-corrected chi connectivity index (χ1v) is 27.6.